The molecule has 0 saturated heterocycles. The summed E-state index contributed by atoms with van der Waals surface area (Å²) in [6.45, 7) is 4.21. The number of hydrogen-bond donors (Lipinski definition) is 0. The van der Waals surface area contributed by atoms with Crippen LogP contribution in [0.2, 0.25) is 0 Å². The molecular formula is C17H22N4O3. The van der Waals surface area contributed by atoms with Crippen molar-refractivity contribution < 1.29 is 14.3 Å². The van der Waals surface area contributed by atoms with Gasteiger partial charge in [-0.3, -0.25) is 9.48 Å². The van der Waals surface area contributed by atoms with Gasteiger partial charge in [0.1, 0.15) is 12.7 Å². The Labute approximate surface area is 141 Å². The van der Waals surface area contributed by atoms with Crippen molar-refractivity contribution in [1.82, 2.24) is 19.7 Å². The van der Waals surface area contributed by atoms with E-state index in [1.54, 1.807) is 18.1 Å². The highest BCUT2D eigenvalue weighted by atomic mass is 16.5. The number of methoxy groups -OCH3 is 1. The van der Waals surface area contributed by atoms with Crippen molar-refractivity contribution in [2.45, 2.75) is 26.4 Å². The van der Waals surface area contributed by atoms with Crippen LogP contribution in [0.15, 0.2) is 30.9 Å². The van der Waals surface area contributed by atoms with Gasteiger partial charge in [0.25, 0.3) is 0 Å². The monoisotopic (exact) mass is 330 g/mol. The quantitative estimate of drug-likeness (QED) is 0.854. The Kier molecular flexibility index (Phi) is 4.98. The molecule has 7 nitrogen and oxygen atoms in total. The van der Waals surface area contributed by atoms with E-state index in [4.69, 9.17) is 9.47 Å². The maximum atomic E-state index is 12.8. The van der Waals surface area contributed by atoms with Crippen molar-refractivity contribution in [1.29, 1.82) is 0 Å². The van der Waals surface area contributed by atoms with E-state index in [-0.39, 0.29) is 11.8 Å². The van der Waals surface area contributed by atoms with Gasteiger partial charge in [-0.25, -0.2) is 4.98 Å². The number of hydrogen-bond acceptors (Lipinski definition) is 5. The normalized spacial score (nSPS) is 15.7. The summed E-state index contributed by atoms with van der Waals surface area (Å²) in [4.78, 5) is 18.7. The van der Waals surface area contributed by atoms with Gasteiger partial charge in [-0.2, -0.15) is 5.10 Å². The highest BCUT2D eigenvalue weighted by Crippen LogP contribution is 2.33. The van der Waals surface area contributed by atoms with Crippen LogP contribution in [0, 0.1) is 5.92 Å². The SMILES string of the molecule is COc1cccc2c1OCCCN(C(=O)C(C)Cn1cncn1)C2. The molecule has 1 amide bonds. The smallest absolute Gasteiger partial charge is 0.227 e. The zero-order valence-corrected chi connectivity index (χ0v) is 14.0. The van der Waals surface area contributed by atoms with Gasteiger partial charge in [0.2, 0.25) is 5.91 Å². The first-order chi connectivity index (χ1) is 11.7. The zero-order chi connectivity index (χ0) is 16.9. The highest BCUT2D eigenvalue weighted by molar-refractivity contribution is 5.78. The third-order valence-electron chi connectivity index (χ3n) is 4.12. The number of carbonyl (C=O) groups is 1. The molecule has 1 aliphatic heterocycles. The molecule has 0 aliphatic carbocycles. The summed E-state index contributed by atoms with van der Waals surface area (Å²) in [5, 5.41) is 4.07. The number of carbonyl (C=O) groups excluding carboxylic acids is 1. The van der Waals surface area contributed by atoms with Crippen LogP contribution in [0.1, 0.15) is 18.9 Å². The molecule has 0 spiro atoms. The maximum absolute atomic E-state index is 12.8. The first-order valence-corrected chi connectivity index (χ1v) is 8.09. The third kappa shape index (κ3) is 3.50. The van der Waals surface area contributed by atoms with Gasteiger partial charge in [0.05, 0.1) is 26.2 Å². The Balaban J connectivity index is 1.76. The molecule has 0 radical (unpaired) electrons. The Morgan fingerprint density at radius 2 is 2.33 bits per heavy atom. The summed E-state index contributed by atoms with van der Waals surface area (Å²) >= 11 is 0. The molecule has 0 fully saturated rings. The van der Waals surface area contributed by atoms with E-state index >= 15 is 0 Å². The van der Waals surface area contributed by atoms with E-state index in [1.807, 2.05) is 30.0 Å². The van der Waals surface area contributed by atoms with E-state index in [2.05, 4.69) is 10.1 Å². The van der Waals surface area contributed by atoms with E-state index < -0.39 is 0 Å². The number of fused-ring (bicyclic) bond motifs is 1. The number of benzene rings is 1. The third-order valence-corrected chi connectivity index (χ3v) is 4.12. The fraction of sp³-hybridized carbons (Fsp3) is 0.471. The fourth-order valence-corrected chi connectivity index (χ4v) is 2.91. The molecule has 0 saturated carbocycles. The van der Waals surface area contributed by atoms with Crippen LogP contribution in [0.5, 0.6) is 11.5 Å². The zero-order valence-electron chi connectivity index (χ0n) is 14.0. The minimum Gasteiger partial charge on any atom is -0.493 e. The first kappa shape index (κ1) is 16.3. The van der Waals surface area contributed by atoms with Gasteiger partial charge in [-0.15, -0.1) is 0 Å². The average molecular weight is 330 g/mol. The molecule has 1 aromatic heterocycles. The van der Waals surface area contributed by atoms with E-state index in [0.717, 1.165) is 17.7 Å². The van der Waals surface area contributed by atoms with Crippen LogP contribution >= 0.6 is 0 Å². The van der Waals surface area contributed by atoms with Crippen molar-refractivity contribution in [2.75, 3.05) is 20.3 Å². The van der Waals surface area contributed by atoms with Crippen LogP contribution in [0.3, 0.4) is 0 Å². The lowest BCUT2D eigenvalue weighted by atomic mass is 10.1. The van der Waals surface area contributed by atoms with Gasteiger partial charge < -0.3 is 14.4 Å². The van der Waals surface area contributed by atoms with E-state index in [9.17, 15) is 4.79 Å². The largest absolute Gasteiger partial charge is 0.493 e. The molecule has 0 bridgehead atoms. The summed E-state index contributed by atoms with van der Waals surface area (Å²) < 4.78 is 12.9. The van der Waals surface area contributed by atoms with Crippen LogP contribution < -0.4 is 9.47 Å². The van der Waals surface area contributed by atoms with Crippen molar-refractivity contribution in [2.24, 2.45) is 5.92 Å². The molecule has 2 heterocycles. The average Bonchev–Trinajstić information content (AvgIpc) is 3.07. The number of nitrogens with zero attached hydrogens (tertiary/aromatic N) is 4. The standard InChI is InChI=1S/C17H22N4O3/c1-13(9-21-12-18-11-19-21)17(22)20-7-4-8-24-16-14(10-20)5-3-6-15(16)23-2/h3,5-6,11-13H,4,7-10H2,1-2H3. The van der Waals surface area contributed by atoms with Gasteiger partial charge in [0.15, 0.2) is 11.5 Å². The molecule has 1 atom stereocenters. The number of ether oxygens (including phenoxy) is 2. The minimum absolute atomic E-state index is 0.112. The summed E-state index contributed by atoms with van der Waals surface area (Å²) in [7, 11) is 1.63. The lowest BCUT2D eigenvalue weighted by Crippen LogP contribution is -2.38. The van der Waals surface area contributed by atoms with Gasteiger partial charge in [-0.1, -0.05) is 19.1 Å². The molecule has 24 heavy (non-hydrogen) atoms. The van der Waals surface area contributed by atoms with Crippen LogP contribution in [0.4, 0.5) is 0 Å². The summed E-state index contributed by atoms with van der Waals surface area (Å²) in [5.41, 5.74) is 0.968. The molecule has 7 heteroatoms. The van der Waals surface area contributed by atoms with Crippen LogP contribution in [-0.4, -0.2) is 45.8 Å². The number of aromatic nitrogens is 3. The second kappa shape index (κ2) is 7.33. The Hall–Kier alpha value is -2.57. The maximum Gasteiger partial charge on any atom is 0.227 e. The summed E-state index contributed by atoms with van der Waals surface area (Å²) in [5.74, 6) is 1.39. The fourth-order valence-electron chi connectivity index (χ4n) is 2.91. The Morgan fingerprint density at radius 1 is 1.46 bits per heavy atom. The second-order valence-corrected chi connectivity index (χ2v) is 5.93. The van der Waals surface area contributed by atoms with Crippen LogP contribution in [0.25, 0.3) is 0 Å². The molecule has 1 aliphatic rings. The van der Waals surface area contributed by atoms with E-state index in [0.29, 0.717) is 32.0 Å². The van der Waals surface area contributed by atoms with Crippen molar-refractivity contribution >= 4 is 5.91 Å². The van der Waals surface area contributed by atoms with Crippen molar-refractivity contribution in [3.8, 4) is 11.5 Å². The first-order valence-electron chi connectivity index (χ1n) is 8.09. The summed E-state index contributed by atoms with van der Waals surface area (Å²) in [6.07, 6.45) is 3.90. The molecule has 1 aromatic carbocycles. The van der Waals surface area contributed by atoms with Gasteiger partial charge in [-0.05, 0) is 12.5 Å². The number of para-hydroxylation sites is 1. The topological polar surface area (TPSA) is 69.5 Å². The number of amides is 1. The Bertz CT molecular complexity index is 687. The predicted octanol–water partition coefficient (Wildman–Crippen LogP) is 1.73. The van der Waals surface area contributed by atoms with Crippen molar-refractivity contribution in [3.05, 3.63) is 36.4 Å². The molecule has 0 N–H and O–H groups in total. The molecule has 128 valence electrons. The molecule has 2 aromatic rings. The predicted molar refractivity (Wildman–Crippen MR) is 87.7 cm³/mol. The Morgan fingerprint density at radius 3 is 3.08 bits per heavy atom. The number of rotatable bonds is 4. The van der Waals surface area contributed by atoms with Gasteiger partial charge in [0, 0.05) is 18.7 Å². The molecule has 3 rings (SSSR count). The molecule has 1 unspecified atom stereocenters. The second-order valence-electron chi connectivity index (χ2n) is 5.93. The van der Waals surface area contributed by atoms with Crippen molar-refractivity contribution in [3.63, 3.8) is 0 Å². The molecular weight excluding hydrogens is 308 g/mol. The minimum atomic E-state index is -0.166. The lowest BCUT2D eigenvalue weighted by molar-refractivity contribution is -0.136. The van der Waals surface area contributed by atoms with E-state index in [1.165, 1.54) is 6.33 Å². The van der Waals surface area contributed by atoms with Crippen LogP contribution in [-0.2, 0) is 17.9 Å². The summed E-state index contributed by atoms with van der Waals surface area (Å²) in [6, 6.07) is 5.77. The van der Waals surface area contributed by atoms with Gasteiger partial charge >= 0.3 is 0 Å². The lowest BCUT2D eigenvalue weighted by Gasteiger charge is -2.29. The highest BCUT2D eigenvalue weighted by Gasteiger charge is 2.24.